The molecule has 2 aromatic rings. The van der Waals surface area contributed by atoms with Crippen LogP contribution in [0.2, 0.25) is 0 Å². The van der Waals surface area contributed by atoms with E-state index in [0.717, 1.165) is 41.8 Å². The van der Waals surface area contributed by atoms with Crippen molar-refractivity contribution in [3.63, 3.8) is 0 Å². The average Bonchev–Trinajstić information content (AvgIpc) is 2.58. The molecule has 0 aromatic heterocycles. The van der Waals surface area contributed by atoms with E-state index in [9.17, 15) is 4.79 Å². The number of hydrogen-bond donors (Lipinski definition) is 2. The number of carbonyl (C=O) groups excluding carboxylic acids is 1. The first-order chi connectivity index (χ1) is 12.0. The summed E-state index contributed by atoms with van der Waals surface area (Å²) in [6.45, 7) is 4.43. The van der Waals surface area contributed by atoms with Crippen LogP contribution in [0.25, 0.3) is 0 Å². The molecule has 1 aliphatic rings. The summed E-state index contributed by atoms with van der Waals surface area (Å²) in [6.07, 6.45) is 3.43. The Labute approximate surface area is 161 Å². The first-order valence-electron chi connectivity index (χ1n) is 8.90. The van der Waals surface area contributed by atoms with Crippen molar-refractivity contribution in [2.24, 2.45) is 0 Å². The predicted molar refractivity (Wildman–Crippen MR) is 108 cm³/mol. The third kappa shape index (κ3) is 4.92. The van der Waals surface area contributed by atoms with Gasteiger partial charge in [-0.15, -0.1) is 12.4 Å². The molecule has 0 bridgehead atoms. The van der Waals surface area contributed by atoms with Gasteiger partial charge in [-0.25, -0.2) is 0 Å². The number of hydrogen-bond acceptors (Lipinski definition) is 3. The van der Waals surface area contributed by atoms with Gasteiger partial charge in [0.1, 0.15) is 5.75 Å². The number of rotatable bonds is 5. The highest BCUT2D eigenvalue weighted by atomic mass is 35.5. The molecule has 26 heavy (non-hydrogen) atoms. The summed E-state index contributed by atoms with van der Waals surface area (Å²) >= 11 is 0. The molecule has 140 valence electrons. The van der Waals surface area contributed by atoms with Gasteiger partial charge >= 0.3 is 0 Å². The van der Waals surface area contributed by atoms with Gasteiger partial charge < -0.3 is 15.8 Å². The van der Waals surface area contributed by atoms with Gasteiger partial charge in [0.25, 0.3) is 0 Å². The largest absolute Gasteiger partial charge is 0.493 e. The number of nitrogens with two attached hydrogens (primary N) is 1. The Morgan fingerprint density at radius 2 is 2.04 bits per heavy atom. The lowest BCUT2D eigenvalue weighted by Crippen LogP contribution is -2.31. The van der Waals surface area contributed by atoms with Gasteiger partial charge in [-0.2, -0.15) is 0 Å². The second kappa shape index (κ2) is 8.95. The lowest BCUT2D eigenvalue weighted by Gasteiger charge is -2.26. The summed E-state index contributed by atoms with van der Waals surface area (Å²) in [6, 6.07) is 12.2. The quantitative estimate of drug-likeness (QED) is 0.768. The zero-order chi connectivity index (χ0) is 17.8. The molecular formula is C21H27ClN2O2. The van der Waals surface area contributed by atoms with Crippen LogP contribution in [0.4, 0.5) is 5.69 Å². The standard InChI is InChI=1S/C21H26N2O2.ClH/c1-14-6-7-15(2)20(12-14)25-11-10-21(24)23-19-5-3-4-16-13-17(22)8-9-18(16)19;/h6-9,12-13,19H,3-5,10-11,22H2,1-2H3,(H,23,24);1H. The smallest absolute Gasteiger partial charge is 0.223 e. The lowest BCUT2D eigenvalue weighted by atomic mass is 9.87. The van der Waals surface area contributed by atoms with Crippen LogP contribution in [0.5, 0.6) is 5.75 Å². The zero-order valence-corrected chi connectivity index (χ0v) is 16.2. The van der Waals surface area contributed by atoms with Crippen LogP contribution in [0.3, 0.4) is 0 Å². The van der Waals surface area contributed by atoms with Crippen LogP contribution in [-0.4, -0.2) is 12.5 Å². The van der Waals surface area contributed by atoms with Crippen LogP contribution in [0.15, 0.2) is 36.4 Å². The Balaban J connectivity index is 0.00000243. The topological polar surface area (TPSA) is 64.3 Å². The number of aryl methyl sites for hydroxylation is 3. The molecule has 0 spiro atoms. The fraction of sp³-hybridized carbons (Fsp3) is 0.381. The van der Waals surface area contributed by atoms with Crippen molar-refractivity contribution in [3.8, 4) is 5.75 Å². The molecule has 5 heteroatoms. The third-order valence-electron chi connectivity index (χ3n) is 4.75. The number of nitrogen functional groups attached to an aromatic ring is 1. The van der Waals surface area contributed by atoms with Crippen molar-refractivity contribution < 1.29 is 9.53 Å². The molecule has 3 N–H and O–H groups in total. The van der Waals surface area contributed by atoms with Gasteiger partial charge in [-0.05, 0) is 73.6 Å². The van der Waals surface area contributed by atoms with Gasteiger partial charge in [-0.1, -0.05) is 18.2 Å². The van der Waals surface area contributed by atoms with E-state index >= 15 is 0 Å². The van der Waals surface area contributed by atoms with E-state index in [1.807, 2.05) is 44.2 Å². The Morgan fingerprint density at radius 3 is 2.85 bits per heavy atom. The average molecular weight is 375 g/mol. The van der Waals surface area contributed by atoms with Crippen molar-refractivity contribution in [1.82, 2.24) is 5.32 Å². The van der Waals surface area contributed by atoms with Gasteiger partial charge in [0.05, 0.1) is 19.1 Å². The number of amides is 1. The molecule has 0 saturated carbocycles. The minimum Gasteiger partial charge on any atom is -0.493 e. The number of ether oxygens (including phenoxy) is 1. The van der Waals surface area contributed by atoms with Crippen LogP contribution < -0.4 is 15.8 Å². The summed E-state index contributed by atoms with van der Waals surface area (Å²) < 4.78 is 5.79. The third-order valence-corrected chi connectivity index (χ3v) is 4.75. The summed E-state index contributed by atoms with van der Waals surface area (Å²) in [5.74, 6) is 0.881. The van der Waals surface area contributed by atoms with E-state index in [1.54, 1.807) is 0 Å². The summed E-state index contributed by atoms with van der Waals surface area (Å²) in [4.78, 5) is 12.3. The maximum Gasteiger partial charge on any atom is 0.223 e. The first-order valence-corrected chi connectivity index (χ1v) is 8.90. The zero-order valence-electron chi connectivity index (χ0n) is 15.4. The fourth-order valence-electron chi connectivity index (χ4n) is 3.37. The van der Waals surface area contributed by atoms with E-state index in [-0.39, 0.29) is 24.4 Å². The number of benzene rings is 2. The van der Waals surface area contributed by atoms with Gasteiger partial charge in [0.15, 0.2) is 0 Å². The number of anilines is 1. The van der Waals surface area contributed by atoms with E-state index in [0.29, 0.717) is 13.0 Å². The van der Waals surface area contributed by atoms with E-state index in [1.165, 1.54) is 11.1 Å². The van der Waals surface area contributed by atoms with Crippen LogP contribution in [0.1, 0.15) is 47.6 Å². The highest BCUT2D eigenvalue weighted by Gasteiger charge is 2.21. The molecule has 3 rings (SSSR count). The summed E-state index contributed by atoms with van der Waals surface area (Å²) in [7, 11) is 0. The molecule has 0 saturated heterocycles. The minimum absolute atomic E-state index is 0. The van der Waals surface area contributed by atoms with Crippen molar-refractivity contribution in [3.05, 3.63) is 58.7 Å². The molecule has 1 atom stereocenters. The predicted octanol–water partition coefficient (Wildman–Crippen LogP) is 4.27. The minimum atomic E-state index is 0. The molecule has 2 aromatic carbocycles. The number of carbonyl (C=O) groups is 1. The van der Waals surface area contributed by atoms with Gasteiger partial charge in [-0.3, -0.25) is 4.79 Å². The number of nitrogens with one attached hydrogen (secondary N) is 1. The monoisotopic (exact) mass is 374 g/mol. The van der Waals surface area contributed by atoms with E-state index in [2.05, 4.69) is 11.4 Å². The molecule has 0 aliphatic heterocycles. The Hall–Kier alpha value is -2.20. The van der Waals surface area contributed by atoms with Crippen molar-refractivity contribution in [2.45, 2.75) is 45.6 Å². The second-order valence-electron chi connectivity index (χ2n) is 6.84. The summed E-state index contributed by atoms with van der Waals surface area (Å²) in [5.41, 5.74) is 11.3. The number of halogens is 1. The molecule has 0 heterocycles. The number of fused-ring (bicyclic) bond motifs is 1. The van der Waals surface area contributed by atoms with Crippen LogP contribution in [-0.2, 0) is 11.2 Å². The Morgan fingerprint density at radius 1 is 1.23 bits per heavy atom. The highest BCUT2D eigenvalue weighted by molar-refractivity contribution is 5.85. The first kappa shape index (κ1) is 20.1. The van der Waals surface area contributed by atoms with E-state index in [4.69, 9.17) is 10.5 Å². The molecule has 1 amide bonds. The Bertz CT molecular complexity index is 777. The molecule has 4 nitrogen and oxygen atoms in total. The fourth-order valence-corrected chi connectivity index (χ4v) is 3.37. The molecular weight excluding hydrogens is 348 g/mol. The lowest BCUT2D eigenvalue weighted by molar-refractivity contribution is -0.122. The second-order valence-corrected chi connectivity index (χ2v) is 6.84. The normalized spacial score (nSPS) is 15.5. The molecule has 0 radical (unpaired) electrons. The van der Waals surface area contributed by atoms with Crippen molar-refractivity contribution in [1.29, 1.82) is 0 Å². The highest BCUT2D eigenvalue weighted by Crippen LogP contribution is 2.31. The maximum atomic E-state index is 12.3. The van der Waals surface area contributed by atoms with Crippen molar-refractivity contribution >= 4 is 24.0 Å². The summed E-state index contributed by atoms with van der Waals surface area (Å²) in [5, 5.41) is 3.15. The van der Waals surface area contributed by atoms with Crippen LogP contribution in [0, 0.1) is 13.8 Å². The molecule has 0 fully saturated rings. The maximum absolute atomic E-state index is 12.3. The van der Waals surface area contributed by atoms with Gasteiger partial charge in [0, 0.05) is 5.69 Å². The van der Waals surface area contributed by atoms with Gasteiger partial charge in [0.2, 0.25) is 5.91 Å². The van der Waals surface area contributed by atoms with Crippen LogP contribution >= 0.6 is 12.4 Å². The molecule has 1 unspecified atom stereocenters. The molecule has 1 aliphatic carbocycles. The van der Waals surface area contributed by atoms with E-state index < -0.39 is 0 Å². The van der Waals surface area contributed by atoms with Crippen molar-refractivity contribution in [2.75, 3.05) is 12.3 Å². The Kier molecular flexibility index (Phi) is 6.92. The SMILES string of the molecule is Cc1ccc(C)c(OCCC(=O)NC2CCCc3cc(N)ccc32)c1.Cl.